The molecule has 0 spiro atoms. The summed E-state index contributed by atoms with van der Waals surface area (Å²) in [4.78, 5) is 0. The summed E-state index contributed by atoms with van der Waals surface area (Å²) < 4.78 is 5.29. The molecule has 1 atom stereocenters. The van der Waals surface area contributed by atoms with Gasteiger partial charge in [0.2, 0.25) is 0 Å². The minimum absolute atomic E-state index is 0.291. The molecule has 0 bridgehead atoms. The van der Waals surface area contributed by atoms with Crippen LogP contribution in [0.15, 0.2) is 47.1 Å². The first-order valence-corrected chi connectivity index (χ1v) is 5.82. The molecule has 0 aliphatic carbocycles. The fourth-order valence-electron chi connectivity index (χ4n) is 1.73. The van der Waals surface area contributed by atoms with Crippen molar-refractivity contribution in [1.29, 1.82) is 0 Å². The van der Waals surface area contributed by atoms with Gasteiger partial charge in [-0.1, -0.05) is 0 Å². The van der Waals surface area contributed by atoms with E-state index < -0.39 is 0 Å². The predicted octanol–water partition coefficient (Wildman–Crippen LogP) is 3.42. The van der Waals surface area contributed by atoms with Gasteiger partial charge in [-0.25, -0.2) is 0 Å². The first-order chi connectivity index (χ1) is 8.24. The van der Waals surface area contributed by atoms with Gasteiger partial charge < -0.3 is 14.8 Å². The molecule has 1 unspecified atom stereocenters. The highest BCUT2D eigenvalue weighted by Gasteiger charge is 2.04. The number of hydrogen-bond donors (Lipinski definition) is 2. The lowest BCUT2D eigenvalue weighted by Crippen LogP contribution is -2.15. The monoisotopic (exact) mass is 231 g/mol. The van der Waals surface area contributed by atoms with Crippen LogP contribution in [0.2, 0.25) is 0 Å². The normalized spacial score (nSPS) is 12.3. The number of hydrogen-bond acceptors (Lipinski definition) is 3. The Balaban J connectivity index is 1.80. The fourth-order valence-corrected chi connectivity index (χ4v) is 1.73. The molecule has 2 rings (SSSR count). The van der Waals surface area contributed by atoms with Crippen LogP contribution in [-0.2, 0) is 6.42 Å². The van der Waals surface area contributed by atoms with Crippen LogP contribution in [0.4, 0.5) is 5.69 Å². The van der Waals surface area contributed by atoms with Crippen molar-refractivity contribution in [3.63, 3.8) is 0 Å². The number of aryl methyl sites for hydroxylation is 1. The van der Waals surface area contributed by atoms with Crippen LogP contribution in [0.1, 0.15) is 19.1 Å². The van der Waals surface area contributed by atoms with Gasteiger partial charge in [0.25, 0.3) is 0 Å². The van der Waals surface area contributed by atoms with Crippen molar-refractivity contribution in [2.45, 2.75) is 25.8 Å². The summed E-state index contributed by atoms with van der Waals surface area (Å²) in [6.45, 7) is 2.13. The molecule has 3 heteroatoms. The SMILES string of the molecule is CC(CCc1ccco1)Nc1ccc(O)cc1. The maximum atomic E-state index is 9.18. The highest BCUT2D eigenvalue weighted by Crippen LogP contribution is 2.16. The zero-order valence-electron chi connectivity index (χ0n) is 9.89. The first kappa shape index (κ1) is 11.6. The van der Waals surface area contributed by atoms with Gasteiger partial charge in [-0.05, 0) is 49.7 Å². The number of aromatic hydroxyl groups is 1. The van der Waals surface area contributed by atoms with E-state index in [1.807, 2.05) is 24.3 Å². The molecule has 17 heavy (non-hydrogen) atoms. The molecule has 90 valence electrons. The van der Waals surface area contributed by atoms with Gasteiger partial charge >= 0.3 is 0 Å². The molecule has 2 N–H and O–H groups in total. The van der Waals surface area contributed by atoms with Crippen LogP contribution in [0, 0.1) is 0 Å². The Hall–Kier alpha value is -1.90. The van der Waals surface area contributed by atoms with E-state index in [0.717, 1.165) is 24.3 Å². The smallest absolute Gasteiger partial charge is 0.115 e. The second kappa shape index (κ2) is 5.43. The van der Waals surface area contributed by atoms with Crippen LogP contribution in [0.25, 0.3) is 0 Å². The Kier molecular flexibility index (Phi) is 3.70. The second-order valence-electron chi connectivity index (χ2n) is 4.21. The van der Waals surface area contributed by atoms with Crippen LogP contribution in [0.3, 0.4) is 0 Å². The average molecular weight is 231 g/mol. The number of benzene rings is 1. The lowest BCUT2D eigenvalue weighted by atomic mass is 10.1. The highest BCUT2D eigenvalue weighted by atomic mass is 16.3. The van der Waals surface area contributed by atoms with Crippen LogP contribution >= 0.6 is 0 Å². The second-order valence-corrected chi connectivity index (χ2v) is 4.21. The molecular formula is C14H17NO2. The Bertz CT molecular complexity index is 434. The van der Waals surface area contributed by atoms with Gasteiger partial charge in [0, 0.05) is 18.2 Å². The zero-order chi connectivity index (χ0) is 12.1. The quantitative estimate of drug-likeness (QED) is 0.775. The molecule has 0 fully saturated rings. The molecule has 0 saturated carbocycles. The third kappa shape index (κ3) is 3.55. The van der Waals surface area contributed by atoms with Crippen molar-refractivity contribution < 1.29 is 9.52 Å². The van der Waals surface area contributed by atoms with Gasteiger partial charge in [0.1, 0.15) is 11.5 Å². The molecular weight excluding hydrogens is 214 g/mol. The van der Waals surface area contributed by atoms with E-state index in [-0.39, 0.29) is 0 Å². The third-order valence-corrected chi connectivity index (χ3v) is 2.68. The van der Waals surface area contributed by atoms with Crippen molar-refractivity contribution >= 4 is 5.69 Å². The predicted molar refractivity (Wildman–Crippen MR) is 68.2 cm³/mol. The van der Waals surface area contributed by atoms with Gasteiger partial charge in [0.15, 0.2) is 0 Å². The Labute approximate surface area is 101 Å². The standard InChI is InChI=1S/C14H17NO2/c1-11(4-9-14-3-2-10-17-14)15-12-5-7-13(16)8-6-12/h2-3,5-8,10-11,15-16H,4,9H2,1H3. The molecule has 0 radical (unpaired) electrons. The summed E-state index contributed by atoms with van der Waals surface area (Å²) in [5.41, 5.74) is 1.02. The van der Waals surface area contributed by atoms with Crippen molar-refractivity contribution in [1.82, 2.24) is 0 Å². The lowest BCUT2D eigenvalue weighted by Gasteiger charge is -2.14. The largest absolute Gasteiger partial charge is 0.508 e. The van der Waals surface area contributed by atoms with E-state index in [9.17, 15) is 5.11 Å². The summed E-state index contributed by atoms with van der Waals surface area (Å²) in [5, 5.41) is 12.6. The zero-order valence-corrected chi connectivity index (χ0v) is 9.89. The lowest BCUT2D eigenvalue weighted by molar-refractivity contribution is 0.475. The van der Waals surface area contributed by atoms with E-state index in [2.05, 4.69) is 12.2 Å². The molecule has 1 aromatic carbocycles. The molecule has 3 nitrogen and oxygen atoms in total. The van der Waals surface area contributed by atoms with E-state index in [1.165, 1.54) is 0 Å². The minimum Gasteiger partial charge on any atom is -0.508 e. The molecule has 1 heterocycles. The average Bonchev–Trinajstić information content (AvgIpc) is 2.83. The summed E-state index contributed by atoms with van der Waals surface area (Å²) >= 11 is 0. The highest BCUT2D eigenvalue weighted by molar-refractivity contribution is 5.46. The van der Waals surface area contributed by atoms with E-state index >= 15 is 0 Å². The van der Waals surface area contributed by atoms with Gasteiger partial charge in [-0.2, -0.15) is 0 Å². The fraction of sp³-hybridized carbons (Fsp3) is 0.286. The van der Waals surface area contributed by atoms with Crippen LogP contribution < -0.4 is 5.32 Å². The third-order valence-electron chi connectivity index (χ3n) is 2.68. The first-order valence-electron chi connectivity index (χ1n) is 5.82. The number of anilines is 1. The Morgan fingerprint density at radius 3 is 2.65 bits per heavy atom. The maximum Gasteiger partial charge on any atom is 0.115 e. The summed E-state index contributed by atoms with van der Waals surface area (Å²) in [7, 11) is 0. The molecule has 0 amide bonds. The van der Waals surface area contributed by atoms with Gasteiger partial charge in [0.05, 0.1) is 6.26 Å². The number of phenolic OH excluding ortho intramolecular Hbond substituents is 1. The number of rotatable bonds is 5. The van der Waals surface area contributed by atoms with E-state index in [0.29, 0.717) is 11.8 Å². The summed E-state index contributed by atoms with van der Waals surface area (Å²) in [5.74, 6) is 1.31. The van der Waals surface area contributed by atoms with Crippen molar-refractivity contribution in [3.8, 4) is 5.75 Å². The Morgan fingerprint density at radius 1 is 1.24 bits per heavy atom. The molecule has 1 aromatic heterocycles. The van der Waals surface area contributed by atoms with Crippen LogP contribution in [-0.4, -0.2) is 11.1 Å². The number of furan rings is 1. The van der Waals surface area contributed by atoms with Crippen molar-refractivity contribution in [2.24, 2.45) is 0 Å². The molecule has 2 aromatic rings. The topological polar surface area (TPSA) is 45.4 Å². The van der Waals surface area contributed by atoms with Gasteiger partial charge in [-0.3, -0.25) is 0 Å². The summed E-state index contributed by atoms with van der Waals surface area (Å²) in [6, 6.07) is 11.4. The van der Waals surface area contributed by atoms with E-state index in [1.54, 1.807) is 18.4 Å². The molecule has 0 aliphatic rings. The van der Waals surface area contributed by atoms with E-state index in [4.69, 9.17) is 4.42 Å². The van der Waals surface area contributed by atoms with Crippen molar-refractivity contribution in [2.75, 3.05) is 5.32 Å². The maximum absolute atomic E-state index is 9.18. The molecule has 0 aliphatic heterocycles. The van der Waals surface area contributed by atoms with Gasteiger partial charge in [-0.15, -0.1) is 0 Å². The minimum atomic E-state index is 0.291. The summed E-state index contributed by atoms with van der Waals surface area (Å²) in [6.07, 6.45) is 3.64. The van der Waals surface area contributed by atoms with Crippen LogP contribution in [0.5, 0.6) is 5.75 Å². The number of nitrogens with one attached hydrogen (secondary N) is 1. The number of phenols is 1. The Morgan fingerprint density at radius 2 is 2.00 bits per heavy atom. The van der Waals surface area contributed by atoms with Crippen molar-refractivity contribution in [3.05, 3.63) is 48.4 Å². The molecule has 0 saturated heterocycles.